The van der Waals surface area contributed by atoms with Crippen LogP contribution in [-0.4, -0.2) is 17.0 Å². The first-order valence-electron chi connectivity index (χ1n) is 5.39. The number of rotatable bonds is 3. The Bertz CT molecular complexity index is 374. The Morgan fingerprint density at radius 1 is 1.56 bits per heavy atom. The van der Waals surface area contributed by atoms with Gasteiger partial charge in [0.1, 0.15) is 12.3 Å². The van der Waals surface area contributed by atoms with Gasteiger partial charge in [0.05, 0.1) is 5.69 Å². The summed E-state index contributed by atoms with van der Waals surface area (Å²) >= 11 is 0. The maximum atomic E-state index is 5.42. The van der Waals surface area contributed by atoms with E-state index in [1.54, 1.807) is 0 Å². The third kappa shape index (κ3) is 2.73. The lowest BCUT2D eigenvalue weighted by Crippen LogP contribution is -2.42. The summed E-state index contributed by atoms with van der Waals surface area (Å²) in [6.07, 6.45) is 2.36. The molecule has 0 saturated heterocycles. The summed E-state index contributed by atoms with van der Waals surface area (Å²) < 4.78 is 5.42. The van der Waals surface area contributed by atoms with E-state index in [1.165, 1.54) is 12.8 Å². The van der Waals surface area contributed by atoms with Gasteiger partial charge < -0.3 is 9.73 Å². The fraction of sp³-hybridized carbons (Fsp3) is 0.600. The second-order valence-corrected chi connectivity index (χ2v) is 3.98. The van der Waals surface area contributed by atoms with Gasteiger partial charge in [-0.1, -0.05) is 0 Å². The summed E-state index contributed by atoms with van der Waals surface area (Å²) in [5, 5.41) is 3.18. The van der Waals surface area contributed by atoms with Crippen LogP contribution in [0.15, 0.2) is 9.41 Å². The Labute approximate surface area is 94.3 Å². The van der Waals surface area contributed by atoms with Crippen LogP contribution in [0.3, 0.4) is 0 Å². The van der Waals surface area contributed by atoms with Crippen LogP contribution in [0.5, 0.6) is 0 Å². The molecule has 6 heteroatoms. The van der Waals surface area contributed by atoms with Crippen LogP contribution in [0.25, 0.3) is 0 Å². The zero-order valence-electron chi connectivity index (χ0n) is 9.58. The van der Waals surface area contributed by atoms with Gasteiger partial charge in [-0.15, -0.1) is 0 Å². The SMILES string of the molecule is Cc1nc(CN=C(NN)NC2CC2)oc1C. The molecular formula is C10H17N5O. The van der Waals surface area contributed by atoms with Crippen molar-refractivity contribution in [2.45, 2.75) is 39.3 Å². The van der Waals surface area contributed by atoms with Crippen LogP contribution >= 0.6 is 0 Å². The van der Waals surface area contributed by atoms with E-state index in [9.17, 15) is 0 Å². The Morgan fingerprint density at radius 2 is 2.31 bits per heavy atom. The van der Waals surface area contributed by atoms with Crippen molar-refractivity contribution < 1.29 is 4.42 Å². The first-order valence-corrected chi connectivity index (χ1v) is 5.39. The molecule has 0 spiro atoms. The van der Waals surface area contributed by atoms with Crippen molar-refractivity contribution in [2.75, 3.05) is 0 Å². The molecular weight excluding hydrogens is 206 g/mol. The Kier molecular flexibility index (Phi) is 3.09. The van der Waals surface area contributed by atoms with E-state index < -0.39 is 0 Å². The predicted octanol–water partition coefficient (Wildman–Crippen LogP) is 0.363. The van der Waals surface area contributed by atoms with Crippen molar-refractivity contribution in [3.63, 3.8) is 0 Å². The van der Waals surface area contributed by atoms with Crippen LogP contribution in [0.4, 0.5) is 0 Å². The first-order chi connectivity index (χ1) is 7.69. The van der Waals surface area contributed by atoms with E-state index in [1.807, 2.05) is 13.8 Å². The number of aryl methyl sites for hydroxylation is 2. The average Bonchev–Trinajstić information content (AvgIpc) is 3.01. The highest BCUT2D eigenvalue weighted by Crippen LogP contribution is 2.18. The van der Waals surface area contributed by atoms with Crippen LogP contribution in [-0.2, 0) is 6.54 Å². The molecule has 4 N–H and O–H groups in total. The highest BCUT2D eigenvalue weighted by Gasteiger charge is 2.22. The average molecular weight is 223 g/mol. The fourth-order valence-corrected chi connectivity index (χ4v) is 1.31. The molecule has 16 heavy (non-hydrogen) atoms. The maximum absolute atomic E-state index is 5.42. The molecule has 0 radical (unpaired) electrons. The van der Waals surface area contributed by atoms with E-state index in [2.05, 4.69) is 20.7 Å². The summed E-state index contributed by atoms with van der Waals surface area (Å²) in [6, 6.07) is 0.517. The van der Waals surface area contributed by atoms with Gasteiger partial charge in [0, 0.05) is 6.04 Å². The lowest BCUT2D eigenvalue weighted by atomic mass is 10.4. The van der Waals surface area contributed by atoms with Crippen molar-refractivity contribution in [2.24, 2.45) is 10.8 Å². The van der Waals surface area contributed by atoms with Crippen molar-refractivity contribution >= 4 is 5.96 Å². The molecule has 0 amide bonds. The zero-order chi connectivity index (χ0) is 11.5. The molecule has 0 atom stereocenters. The van der Waals surface area contributed by atoms with Gasteiger partial charge >= 0.3 is 0 Å². The van der Waals surface area contributed by atoms with Gasteiger partial charge in [0.2, 0.25) is 11.9 Å². The van der Waals surface area contributed by atoms with Crippen molar-refractivity contribution in [1.29, 1.82) is 0 Å². The highest BCUT2D eigenvalue weighted by atomic mass is 16.4. The monoisotopic (exact) mass is 223 g/mol. The quantitative estimate of drug-likeness (QED) is 0.298. The van der Waals surface area contributed by atoms with Gasteiger partial charge in [-0.05, 0) is 26.7 Å². The highest BCUT2D eigenvalue weighted by molar-refractivity contribution is 5.79. The third-order valence-electron chi connectivity index (χ3n) is 2.50. The van der Waals surface area contributed by atoms with Crippen LogP contribution < -0.4 is 16.6 Å². The van der Waals surface area contributed by atoms with E-state index in [0.717, 1.165) is 11.5 Å². The van der Waals surface area contributed by atoms with E-state index in [4.69, 9.17) is 10.3 Å². The number of aliphatic imine (C=N–C) groups is 1. The van der Waals surface area contributed by atoms with Gasteiger partial charge in [0.15, 0.2) is 0 Å². The molecule has 1 heterocycles. The molecule has 1 aromatic heterocycles. The largest absolute Gasteiger partial charge is 0.444 e. The smallest absolute Gasteiger partial charge is 0.216 e. The number of aromatic nitrogens is 1. The fourth-order valence-electron chi connectivity index (χ4n) is 1.31. The number of oxazole rings is 1. The minimum atomic E-state index is 0.397. The Balaban J connectivity index is 1.94. The molecule has 0 unspecified atom stereocenters. The molecule has 0 bridgehead atoms. The Hall–Kier alpha value is -1.56. The summed E-state index contributed by atoms with van der Waals surface area (Å²) in [6.45, 7) is 4.20. The van der Waals surface area contributed by atoms with Crippen molar-refractivity contribution in [3.8, 4) is 0 Å². The zero-order valence-corrected chi connectivity index (χ0v) is 9.58. The second-order valence-electron chi connectivity index (χ2n) is 3.98. The van der Waals surface area contributed by atoms with Crippen LogP contribution in [0.1, 0.15) is 30.2 Å². The van der Waals surface area contributed by atoms with Crippen LogP contribution in [0, 0.1) is 13.8 Å². The number of hydrogen-bond acceptors (Lipinski definition) is 4. The number of guanidine groups is 1. The molecule has 0 aliphatic heterocycles. The molecule has 88 valence electrons. The molecule has 2 rings (SSSR count). The first kappa shape index (κ1) is 10.9. The lowest BCUT2D eigenvalue weighted by Gasteiger charge is -2.06. The third-order valence-corrected chi connectivity index (χ3v) is 2.50. The number of nitrogens with zero attached hydrogens (tertiary/aromatic N) is 2. The predicted molar refractivity (Wildman–Crippen MR) is 60.6 cm³/mol. The summed E-state index contributed by atoms with van der Waals surface area (Å²) in [5.41, 5.74) is 3.44. The minimum Gasteiger partial charge on any atom is -0.444 e. The summed E-state index contributed by atoms with van der Waals surface area (Å²) in [7, 11) is 0. The van der Waals surface area contributed by atoms with Crippen molar-refractivity contribution in [3.05, 3.63) is 17.3 Å². The molecule has 1 aliphatic rings. The number of nitrogens with two attached hydrogens (primary N) is 1. The summed E-state index contributed by atoms with van der Waals surface area (Å²) in [5.74, 6) is 7.39. The molecule has 6 nitrogen and oxygen atoms in total. The molecule has 1 fully saturated rings. The van der Waals surface area contributed by atoms with Crippen LogP contribution in [0.2, 0.25) is 0 Å². The standard InChI is InChI=1S/C10H17N5O/c1-6-7(2)16-9(13-6)5-12-10(15-11)14-8-3-4-8/h8H,3-5,11H2,1-2H3,(H2,12,14,15). The normalized spacial score (nSPS) is 16.3. The van der Waals surface area contributed by atoms with Gasteiger partial charge in [-0.3, -0.25) is 5.43 Å². The second kappa shape index (κ2) is 4.52. The van der Waals surface area contributed by atoms with E-state index in [-0.39, 0.29) is 0 Å². The molecule has 1 aliphatic carbocycles. The Morgan fingerprint density at radius 3 is 2.81 bits per heavy atom. The van der Waals surface area contributed by atoms with E-state index >= 15 is 0 Å². The topological polar surface area (TPSA) is 88.5 Å². The molecule has 0 aromatic carbocycles. The van der Waals surface area contributed by atoms with Crippen molar-refractivity contribution in [1.82, 2.24) is 15.7 Å². The summed E-state index contributed by atoms with van der Waals surface area (Å²) in [4.78, 5) is 8.50. The number of hydrazine groups is 1. The molecule has 1 aromatic rings. The van der Waals surface area contributed by atoms with Gasteiger partial charge in [-0.2, -0.15) is 0 Å². The lowest BCUT2D eigenvalue weighted by molar-refractivity contribution is 0.473. The maximum Gasteiger partial charge on any atom is 0.216 e. The van der Waals surface area contributed by atoms with Gasteiger partial charge in [0.25, 0.3) is 0 Å². The number of nitrogens with one attached hydrogen (secondary N) is 2. The number of hydrogen-bond donors (Lipinski definition) is 3. The van der Waals surface area contributed by atoms with Gasteiger partial charge in [-0.25, -0.2) is 15.8 Å². The van der Waals surface area contributed by atoms with E-state index in [0.29, 0.717) is 24.4 Å². The molecule has 1 saturated carbocycles. The minimum absolute atomic E-state index is 0.397.